The number of imidazole rings is 1. The summed E-state index contributed by atoms with van der Waals surface area (Å²) in [4.78, 5) is 32.7. The van der Waals surface area contributed by atoms with Gasteiger partial charge in [-0.3, -0.25) is 9.09 Å². The minimum absolute atomic E-state index is 0.311. The summed E-state index contributed by atoms with van der Waals surface area (Å²) in [6.45, 7) is 0.184. The first-order valence-corrected chi connectivity index (χ1v) is 9.99. The molecular weight excluding hydrogens is 411 g/mol. The van der Waals surface area contributed by atoms with Gasteiger partial charge < -0.3 is 30.1 Å². The molecule has 0 aromatic carbocycles. The number of phosphoric acid groups is 1. The van der Waals surface area contributed by atoms with Crippen molar-refractivity contribution in [3.63, 3.8) is 0 Å². The molecule has 5 N–H and O–H groups in total. The van der Waals surface area contributed by atoms with Crippen LogP contribution >= 0.6 is 7.82 Å². The molecule has 0 spiro atoms. The van der Waals surface area contributed by atoms with E-state index in [1.54, 1.807) is 0 Å². The quantitative estimate of drug-likeness (QED) is 0.114. The largest absolute Gasteiger partial charge is 0.469 e. The topological polar surface area (TPSA) is 221 Å². The van der Waals surface area contributed by atoms with Crippen LogP contribution in [-0.2, 0) is 13.8 Å². The predicted molar refractivity (Wildman–Crippen MR) is 96.4 cm³/mol. The van der Waals surface area contributed by atoms with Crippen LogP contribution in [0.4, 0.5) is 5.82 Å². The van der Waals surface area contributed by atoms with Gasteiger partial charge in [0, 0.05) is 18.0 Å². The Bertz CT molecular complexity index is 944. The Hall–Kier alpha value is -2.35. The molecule has 3 rings (SSSR count). The van der Waals surface area contributed by atoms with Gasteiger partial charge in [-0.25, -0.2) is 19.5 Å². The number of anilines is 1. The minimum atomic E-state index is -4.76. The molecule has 2 aromatic rings. The van der Waals surface area contributed by atoms with Crippen LogP contribution < -0.4 is 5.32 Å². The highest BCUT2D eigenvalue weighted by Crippen LogP contribution is 2.38. The van der Waals surface area contributed by atoms with Crippen molar-refractivity contribution < 1.29 is 33.8 Å². The molecule has 0 bridgehead atoms. The SMILES string of the molecule is [N-]=[N+]=NCCCNc1ncnc2c1ncn2[C@@H]1O[C@H](COP(=O)(O)O)[C@@H](O)[C@H]1O. The smallest absolute Gasteiger partial charge is 0.387 e. The van der Waals surface area contributed by atoms with E-state index in [0.29, 0.717) is 36.5 Å². The van der Waals surface area contributed by atoms with Gasteiger partial charge in [-0.15, -0.1) is 0 Å². The molecule has 3 heterocycles. The number of aliphatic hydroxyl groups excluding tert-OH is 2. The number of rotatable bonds is 9. The van der Waals surface area contributed by atoms with Crippen LogP contribution in [0.15, 0.2) is 17.8 Å². The van der Waals surface area contributed by atoms with Gasteiger partial charge in [-0.05, 0) is 12.0 Å². The molecule has 0 unspecified atom stereocenters. The second kappa shape index (κ2) is 8.98. The first-order valence-electron chi connectivity index (χ1n) is 8.46. The molecule has 0 aliphatic carbocycles. The minimum Gasteiger partial charge on any atom is -0.387 e. The van der Waals surface area contributed by atoms with Gasteiger partial charge in [0.05, 0.1) is 12.9 Å². The maximum absolute atomic E-state index is 10.9. The van der Waals surface area contributed by atoms with Crippen molar-refractivity contribution in [3.05, 3.63) is 23.1 Å². The number of aliphatic hydroxyl groups is 2. The molecule has 4 atom stereocenters. The van der Waals surface area contributed by atoms with E-state index < -0.39 is 39.0 Å². The third kappa shape index (κ3) is 4.98. The Morgan fingerprint density at radius 3 is 2.86 bits per heavy atom. The number of phosphoric ester groups is 1. The molecule has 0 radical (unpaired) electrons. The summed E-state index contributed by atoms with van der Waals surface area (Å²) in [5.41, 5.74) is 8.97. The third-order valence-corrected chi connectivity index (χ3v) is 4.65. The van der Waals surface area contributed by atoms with Crippen LogP contribution in [0.5, 0.6) is 0 Å². The lowest BCUT2D eigenvalue weighted by molar-refractivity contribution is -0.0504. The van der Waals surface area contributed by atoms with Crippen molar-refractivity contribution >= 4 is 24.8 Å². The van der Waals surface area contributed by atoms with Gasteiger partial charge in [-0.1, -0.05) is 5.11 Å². The standard InChI is InChI=1S/C13H19N8O7P/c14-20-19-3-1-2-15-11-8-12(17-5-16-11)21(6-18-8)13-10(23)9(22)7(28-13)4-27-29(24,25)26/h5-7,9-10,13,22-23H,1-4H2,(H,15,16,17)(H2,24,25,26)/t7-,9-,10-,13-/m1/s1. The molecule has 1 aliphatic rings. The van der Waals surface area contributed by atoms with Gasteiger partial charge in [0.1, 0.15) is 24.6 Å². The molecule has 0 saturated carbocycles. The van der Waals surface area contributed by atoms with Crippen molar-refractivity contribution in [2.24, 2.45) is 5.11 Å². The number of nitrogens with one attached hydrogen (secondary N) is 1. The second-order valence-electron chi connectivity index (χ2n) is 6.11. The molecule has 1 aliphatic heterocycles. The van der Waals surface area contributed by atoms with E-state index in [1.807, 2.05) is 0 Å². The van der Waals surface area contributed by atoms with Gasteiger partial charge in [0.2, 0.25) is 0 Å². The first-order chi connectivity index (χ1) is 13.8. The monoisotopic (exact) mass is 430 g/mol. The number of hydrogen-bond acceptors (Lipinski definition) is 10. The predicted octanol–water partition coefficient (Wildman–Crippen LogP) is -0.333. The zero-order valence-corrected chi connectivity index (χ0v) is 15.8. The van der Waals surface area contributed by atoms with Crippen LogP contribution in [0.25, 0.3) is 21.6 Å². The Kier molecular flexibility index (Phi) is 6.62. The lowest BCUT2D eigenvalue weighted by Crippen LogP contribution is -2.33. The lowest BCUT2D eigenvalue weighted by Gasteiger charge is -2.16. The van der Waals surface area contributed by atoms with Crippen molar-refractivity contribution in [2.45, 2.75) is 31.0 Å². The summed E-state index contributed by atoms with van der Waals surface area (Å²) in [6.07, 6.45) is -1.92. The normalized spacial score (nSPS) is 24.6. The highest BCUT2D eigenvalue weighted by atomic mass is 31.2. The van der Waals surface area contributed by atoms with Crippen molar-refractivity contribution in [3.8, 4) is 0 Å². The van der Waals surface area contributed by atoms with E-state index in [1.165, 1.54) is 17.2 Å². The molecule has 158 valence electrons. The van der Waals surface area contributed by atoms with Crippen LogP contribution in [0.2, 0.25) is 0 Å². The zero-order chi connectivity index (χ0) is 21.0. The number of azide groups is 1. The number of hydrogen-bond donors (Lipinski definition) is 5. The fourth-order valence-electron chi connectivity index (χ4n) is 2.84. The van der Waals surface area contributed by atoms with Gasteiger partial charge in [-0.2, -0.15) is 0 Å². The number of nitrogens with zero attached hydrogens (tertiary/aromatic N) is 7. The number of fused-ring (bicyclic) bond motifs is 1. The molecule has 16 heteroatoms. The van der Waals surface area contributed by atoms with Crippen molar-refractivity contribution in [1.29, 1.82) is 0 Å². The Morgan fingerprint density at radius 1 is 1.34 bits per heavy atom. The molecule has 1 saturated heterocycles. The van der Waals surface area contributed by atoms with E-state index >= 15 is 0 Å². The van der Waals surface area contributed by atoms with Crippen molar-refractivity contribution in [2.75, 3.05) is 25.0 Å². The Morgan fingerprint density at radius 2 is 2.14 bits per heavy atom. The molecule has 2 aromatic heterocycles. The average molecular weight is 430 g/mol. The maximum atomic E-state index is 10.9. The first kappa shape index (κ1) is 21.4. The summed E-state index contributed by atoms with van der Waals surface area (Å²) in [5.74, 6) is 0.420. The van der Waals surface area contributed by atoms with Crippen LogP contribution in [0, 0.1) is 0 Å². The summed E-state index contributed by atoms with van der Waals surface area (Å²) >= 11 is 0. The maximum Gasteiger partial charge on any atom is 0.469 e. The zero-order valence-electron chi connectivity index (χ0n) is 14.9. The summed E-state index contributed by atoms with van der Waals surface area (Å²) in [6, 6.07) is 0. The van der Waals surface area contributed by atoms with Crippen LogP contribution in [0.3, 0.4) is 0 Å². The number of aromatic nitrogens is 4. The Labute approximate surface area is 163 Å². The van der Waals surface area contributed by atoms with E-state index in [9.17, 15) is 14.8 Å². The van der Waals surface area contributed by atoms with Gasteiger partial charge >= 0.3 is 7.82 Å². The van der Waals surface area contributed by atoms with Crippen LogP contribution in [-0.4, -0.2) is 77.5 Å². The lowest BCUT2D eigenvalue weighted by atomic mass is 10.1. The van der Waals surface area contributed by atoms with E-state index in [2.05, 4.69) is 34.8 Å². The Balaban J connectivity index is 1.75. The molecule has 0 amide bonds. The number of ether oxygens (including phenoxy) is 1. The highest BCUT2D eigenvalue weighted by molar-refractivity contribution is 7.46. The average Bonchev–Trinajstić information content (AvgIpc) is 3.22. The molecule has 15 nitrogen and oxygen atoms in total. The fourth-order valence-corrected chi connectivity index (χ4v) is 3.18. The van der Waals surface area contributed by atoms with Gasteiger partial charge in [0.25, 0.3) is 0 Å². The summed E-state index contributed by atoms with van der Waals surface area (Å²) in [7, 11) is -4.76. The van der Waals surface area contributed by atoms with E-state index in [-0.39, 0.29) is 0 Å². The van der Waals surface area contributed by atoms with Crippen LogP contribution in [0.1, 0.15) is 12.6 Å². The molecular formula is C13H19N8O7P. The molecule has 29 heavy (non-hydrogen) atoms. The van der Waals surface area contributed by atoms with Gasteiger partial charge in [0.15, 0.2) is 23.2 Å². The fraction of sp³-hybridized carbons (Fsp3) is 0.615. The van der Waals surface area contributed by atoms with Crippen molar-refractivity contribution in [1.82, 2.24) is 19.5 Å². The van der Waals surface area contributed by atoms with E-state index in [4.69, 9.17) is 20.1 Å². The summed E-state index contributed by atoms with van der Waals surface area (Å²) < 4.78 is 22.1. The molecule has 1 fully saturated rings. The highest BCUT2D eigenvalue weighted by Gasteiger charge is 2.45. The van der Waals surface area contributed by atoms with E-state index in [0.717, 1.165) is 0 Å². The second-order valence-corrected chi connectivity index (χ2v) is 7.35. The third-order valence-electron chi connectivity index (χ3n) is 4.17. The summed E-state index contributed by atoms with van der Waals surface area (Å²) in [5, 5.41) is 26.9.